The standard InChI is InChI=1S/C14H13N3O2/c1-10-5-8-19-13(10)14(18)17-12-9-11(3-2-6-15)4-7-16-12/h4-5,7-9H,6,15H2,1H3,(H,16,17,18). The molecule has 0 aliphatic heterocycles. The molecule has 5 heteroatoms. The topological polar surface area (TPSA) is 81.2 Å². The number of carbonyl (C=O) groups excluding carboxylic acids is 1. The summed E-state index contributed by atoms with van der Waals surface area (Å²) in [6.07, 6.45) is 3.05. The van der Waals surface area contributed by atoms with E-state index in [9.17, 15) is 4.79 Å². The molecular weight excluding hydrogens is 242 g/mol. The second-order valence-corrected chi connectivity index (χ2v) is 3.82. The third-order valence-corrected chi connectivity index (χ3v) is 2.40. The van der Waals surface area contributed by atoms with Crippen molar-refractivity contribution in [1.29, 1.82) is 0 Å². The van der Waals surface area contributed by atoms with Gasteiger partial charge >= 0.3 is 0 Å². The second kappa shape index (κ2) is 5.85. The first-order chi connectivity index (χ1) is 9.20. The average molecular weight is 255 g/mol. The maximum absolute atomic E-state index is 11.9. The molecule has 19 heavy (non-hydrogen) atoms. The van der Waals surface area contributed by atoms with Crippen LogP contribution >= 0.6 is 0 Å². The molecule has 1 amide bonds. The SMILES string of the molecule is Cc1ccoc1C(=O)Nc1cc(C#CCN)ccn1. The van der Waals surface area contributed by atoms with E-state index in [1.807, 2.05) is 0 Å². The molecule has 0 radical (unpaired) electrons. The fourth-order valence-electron chi connectivity index (χ4n) is 1.51. The van der Waals surface area contributed by atoms with Crippen LogP contribution in [0, 0.1) is 18.8 Å². The van der Waals surface area contributed by atoms with Crippen LogP contribution in [0.2, 0.25) is 0 Å². The van der Waals surface area contributed by atoms with E-state index in [0.29, 0.717) is 5.82 Å². The number of aryl methyl sites for hydroxylation is 1. The Morgan fingerprint density at radius 1 is 1.53 bits per heavy atom. The van der Waals surface area contributed by atoms with Gasteiger partial charge in [0.05, 0.1) is 12.8 Å². The fourth-order valence-corrected chi connectivity index (χ4v) is 1.51. The number of rotatable bonds is 2. The Balaban J connectivity index is 2.15. The van der Waals surface area contributed by atoms with Crippen molar-refractivity contribution in [3.8, 4) is 11.8 Å². The van der Waals surface area contributed by atoms with Crippen molar-refractivity contribution in [2.75, 3.05) is 11.9 Å². The van der Waals surface area contributed by atoms with E-state index in [4.69, 9.17) is 10.2 Å². The molecule has 0 bridgehead atoms. The quantitative estimate of drug-likeness (QED) is 0.798. The van der Waals surface area contributed by atoms with E-state index in [-0.39, 0.29) is 18.2 Å². The zero-order valence-corrected chi connectivity index (χ0v) is 10.4. The highest BCUT2D eigenvalue weighted by Crippen LogP contribution is 2.12. The van der Waals surface area contributed by atoms with Crippen LogP contribution in [0.15, 0.2) is 35.1 Å². The Kier molecular flexibility index (Phi) is 3.96. The number of aromatic nitrogens is 1. The molecule has 3 N–H and O–H groups in total. The van der Waals surface area contributed by atoms with Gasteiger partial charge in [0.2, 0.25) is 0 Å². The van der Waals surface area contributed by atoms with Gasteiger partial charge in [-0.1, -0.05) is 11.8 Å². The van der Waals surface area contributed by atoms with Crippen LogP contribution in [0.25, 0.3) is 0 Å². The van der Waals surface area contributed by atoms with E-state index in [0.717, 1.165) is 11.1 Å². The number of amides is 1. The molecule has 2 aromatic heterocycles. The third kappa shape index (κ3) is 3.21. The third-order valence-electron chi connectivity index (χ3n) is 2.40. The number of furan rings is 1. The van der Waals surface area contributed by atoms with Gasteiger partial charge in [-0.25, -0.2) is 4.98 Å². The van der Waals surface area contributed by atoms with Gasteiger partial charge in [-0.2, -0.15) is 0 Å². The summed E-state index contributed by atoms with van der Waals surface area (Å²) in [4.78, 5) is 16.0. The zero-order valence-electron chi connectivity index (χ0n) is 10.4. The molecule has 0 saturated heterocycles. The highest BCUT2D eigenvalue weighted by Gasteiger charge is 2.13. The lowest BCUT2D eigenvalue weighted by Crippen LogP contribution is -2.13. The van der Waals surface area contributed by atoms with Gasteiger partial charge in [0.15, 0.2) is 5.76 Å². The number of carbonyl (C=O) groups is 1. The minimum Gasteiger partial charge on any atom is -0.459 e. The van der Waals surface area contributed by atoms with Gasteiger partial charge in [0.1, 0.15) is 5.82 Å². The second-order valence-electron chi connectivity index (χ2n) is 3.82. The number of hydrogen-bond donors (Lipinski definition) is 2. The van der Waals surface area contributed by atoms with Crippen LogP contribution < -0.4 is 11.1 Å². The van der Waals surface area contributed by atoms with Crippen molar-refractivity contribution < 1.29 is 9.21 Å². The first-order valence-corrected chi connectivity index (χ1v) is 5.71. The Labute approximate surface area is 110 Å². The molecule has 0 saturated carbocycles. The molecule has 0 unspecified atom stereocenters. The van der Waals surface area contributed by atoms with Crippen LogP contribution in [0.4, 0.5) is 5.82 Å². The lowest BCUT2D eigenvalue weighted by molar-refractivity contribution is 0.0995. The van der Waals surface area contributed by atoms with Gasteiger partial charge in [-0.15, -0.1) is 0 Å². The minimum absolute atomic E-state index is 0.278. The summed E-state index contributed by atoms with van der Waals surface area (Å²) in [6.45, 7) is 2.09. The van der Waals surface area contributed by atoms with E-state index >= 15 is 0 Å². The van der Waals surface area contributed by atoms with Gasteiger partial charge in [0, 0.05) is 17.3 Å². The summed E-state index contributed by atoms with van der Waals surface area (Å²) >= 11 is 0. The van der Waals surface area contributed by atoms with Crippen LogP contribution in [0.5, 0.6) is 0 Å². The summed E-state index contributed by atoms with van der Waals surface area (Å²) in [5.74, 6) is 5.98. The normalized spacial score (nSPS) is 9.58. The van der Waals surface area contributed by atoms with E-state index < -0.39 is 0 Å². The monoisotopic (exact) mass is 255 g/mol. The summed E-state index contributed by atoms with van der Waals surface area (Å²) in [7, 11) is 0. The highest BCUT2D eigenvalue weighted by molar-refractivity contribution is 6.02. The molecule has 0 aliphatic rings. The maximum atomic E-state index is 11.9. The number of hydrogen-bond acceptors (Lipinski definition) is 4. The number of nitrogens with two attached hydrogens (primary N) is 1. The van der Waals surface area contributed by atoms with Crippen LogP contribution in [0.3, 0.4) is 0 Å². The van der Waals surface area contributed by atoms with Crippen LogP contribution in [0.1, 0.15) is 21.7 Å². The molecule has 0 spiro atoms. The van der Waals surface area contributed by atoms with Gasteiger partial charge < -0.3 is 15.5 Å². The first-order valence-electron chi connectivity index (χ1n) is 5.71. The highest BCUT2D eigenvalue weighted by atomic mass is 16.3. The summed E-state index contributed by atoms with van der Waals surface area (Å²) < 4.78 is 5.11. The molecule has 0 aromatic carbocycles. The molecule has 96 valence electrons. The number of nitrogens with one attached hydrogen (secondary N) is 1. The summed E-state index contributed by atoms with van der Waals surface area (Å²) in [5.41, 5.74) is 6.82. The van der Waals surface area contributed by atoms with Crippen molar-refractivity contribution in [2.24, 2.45) is 5.73 Å². The van der Waals surface area contributed by atoms with Crippen molar-refractivity contribution in [1.82, 2.24) is 4.98 Å². The molecule has 0 aliphatic carbocycles. The Morgan fingerprint density at radius 3 is 3.05 bits per heavy atom. The lowest BCUT2D eigenvalue weighted by Gasteiger charge is -2.03. The van der Waals surface area contributed by atoms with Crippen molar-refractivity contribution in [2.45, 2.75) is 6.92 Å². The van der Waals surface area contributed by atoms with E-state index in [1.54, 1.807) is 31.3 Å². The maximum Gasteiger partial charge on any atom is 0.292 e. The Hall–Kier alpha value is -2.58. The molecule has 2 heterocycles. The van der Waals surface area contributed by atoms with Crippen LogP contribution in [-0.4, -0.2) is 17.4 Å². The first kappa shape index (κ1) is 12.9. The van der Waals surface area contributed by atoms with Crippen molar-refractivity contribution in [3.63, 3.8) is 0 Å². The van der Waals surface area contributed by atoms with Crippen LogP contribution in [-0.2, 0) is 0 Å². The predicted molar refractivity (Wildman–Crippen MR) is 71.6 cm³/mol. The molecular formula is C14H13N3O2. The zero-order chi connectivity index (χ0) is 13.7. The summed E-state index contributed by atoms with van der Waals surface area (Å²) in [6, 6.07) is 5.15. The molecule has 2 rings (SSSR count). The fraction of sp³-hybridized carbons (Fsp3) is 0.143. The molecule has 0 fully saturated rings. The van der Waals surface area contributed by atoms with Crippen molar-refractivity contribution >= 4 is 11.7 Å². The number of nitrogens with zero attached hydrogens (tertiary/aromatic N) is 1. The molecule has 5 nitrogen and oxygen atoms in total. The lowest BCUT2D eigenvalue weighted by atomic mass is 10.2. The largest absolute Gasteiger partial charge is 0.459 e. The van der Waals surface area contributed by atoms with Gasteiger partial charge in [-0.05, 0) is 25.1 Å². The predicted octanol–water partition coefficient (Wildman–Crippen LogP) is 1.55. The van der Waals surface area contributed by atoms with E-state index in [2.05, 4.69) is 22.1 Å². The van der Waals surface area contributed by atoms with Crippen molar-refractivity contribution in [3.05, 3.63) is 47.5 Å². The average Bonchev–Trinajstić information content (AvgIpc) is 2.83. The number of anilines is 1. The molecule has 2 aromatic rings. The number of pyridine rings is 1. The van der Waals surface area contributed by atoms with E-state index in [1.165, 1.54) is 6.26 Å². The molecule has 0 atom stereocenters. The minimum atomic E-state index is -0.334. The van der Waals surface area contributed by atoms with Gasteiger partial charge in [0.25, 0.3) is 5.91 Å². The van der Waals surface area contributed by atoms with Gasteiger partial charge in [-0.3, -0.25) is 4.79 Å². The smallest absolute Gasteiger partial charge is 0.292 e. The Morgan fingerprint density at radius 2 is 2.37 bits per heavy atom. The summed E-state index contributed by atoms with van der Waals surface area (Å²) in [5, 5.41) is 2.66. The Bertz CT molecular complexity index is 650.